The average Bonchev–Trinajstić information content (AvgIpc) is 2.58. The highest BCUT2D eigenvalue weighted by Gasteiger charge is 2.13. The first-order valence-electron chi connectivity index (χ1n) is 7.03. The zero-order valence-electron chi connectivity index (χ0n) is 12.8. The van der Waals surface area contributed by atoms with Crippen molar-refractivity contribution < 1.29 is 14.7 Å². The third kappa shape index (κ3) is 6.01. The molecule has 2 aromatic rings. The molecule has 0 unspecified atom stereocenters. The van der Waals surface area contributed by atoms with Crippen LogP contribution in [0.5, 0.6) is 11.5 Å². The molecule has 0 bridgehead atoms. The first-order chi connectivity index (χ1) is 12.0. The summed E-state index contributed by atoms with van der Waals surface area (Å²) in [4.78, 5) is 0. The van der Waals surface area contributed by atoms with E-state index in [1.807, 2.05) is 18.2 Å². The van der Waals surface area contributed by atoms with Crippen LogP contribution in [0.15, 0.2) is 58.2 Å². The smallest absolute Gasteiger partial charge is 0.157 e. The van der Waals surface area contributed by atoms with E-state index >= 15 is 0 Å². The van der Waals surface area contributed by atoms with Crippen LogP contribution in [0.25, 0.3) is 0 Å². The Labute approximate surface area is 165 Å². The Kier molecular flexibility index (Phi) is 7.72. The highest BCUT2D eigenvalue weighted by atomic mass is 35.5. The van der Waals surface area contributed by atoms with Gasteiger partial charge in [-0.1, -0.05) is 81.9 Å². The molecule has 0 amide bonds. The molecule has 8 heteroatoms. The third-order valence-corrected chi connectivity index (χ3v) is 3.91. The SMILES string of the molecule is ON=C(COc1c(Cl)cc(OCC=C(Cl)Cl)cc1Cl)c1ccccc1. The van der Waals surface area contributed by atoms with E-state index in [0.717, 1.165) is 5.56 Å². The lowest BCUT2D eigenvalue weighted by atomic mass is 10.1. The number of nitrogens with zero attached hydrogens (tertiary/aromatic N) is 1. The molecule has 132 valence electrons. The summed E-state index contributed by atoms with van der Waals surface area (Å²) in [5.41, 5.74) is 1.07. The van der Waals surface area contributed by atoms with E-state index in [-0.39, 0.29) is 33.5 Å². The molecular weight excluding hydrogens is 408 g/mol. The highest BCUT2D eigenvalue weighted by Crippen LogP contribution is 2.37. The van der Waals surface area contributed by atoms with Crippen molar-refractivity contribution >= 4 is 52.1 Å². The minimum Gasteiger partial charge on any atom is -0.489 e. The van der Waals surface area contributed by atoms with Crippen LogP contribution < -0.4 is 9.47 Å². The fourth-order valence-electron chi connectivity index (χ4n) is 1.90. The van der Waals surface area contributed by atoms with Crippen molar-refractivity contribution in [3.63, 3.8) is 0 Å². The monoisotopic (exact) mass is 419 g/mol. The third-order valence-electron chi connectivity index (χ3n) is 3.04. The summed E-state index contributed by atoms with van der Waals surface area (Å²) in [7, 11) is 0. The Bertz CT molecular complexity index is 752. The topological polar surface area (TPSA) is 51.1 Å². The Morgan fingerprint density at radius 3 is 2.24 bits per heavy atom. The number of oxime groups is 1. The van der Waals surface area contributed by atoms with Gasteiger partial charge >= 0.3 is 0 Å². The molecule has 0 saturated carbocycles. The maximum absolute atomic E-state index is 9.18. The summed E-state index contributed by atoms with van der Waals surface area (Å²) in [6.45, 7) is 0.162. The minimum atomic E-state index is -0.00918. The molecule has 1 N–H and O–H groups in total. The zero-order valence-corrected chi connectivity index (χ0v) is 15.8. The van der Waals surface area contributed by atoms with Gasteiger partial charge in [-0.3, -0.25) is 0 Å². The predicted molar refractivity (Wildman–Crippen MR) is 102 cm³/mol. The Hall–Kier alpha value is -1.59. The number of halogens is 4. The summed E-state index contributed by atoms with van der Waals surface area (Å²) < 4.78 is 11.1. The molecule has 0 aliphatic heterocycles. The molecule has 0 fully saturated rings. The van der Waals surface area contributed by atoms with E-state index in [0.29, 0.717) is 11.5 Å². The molecule has 0 aliphatic carbocycles. The number of benzene rings is 2. The van der Waals surface area contributed by atoms with Crippen molar-refractivity contribution in [1.82, 2.24) is 0 Å². The van der Waals surface area contributed by atoms with Gasteiger partial charge in [-0.2, -0.15) is 0 Å². The fourth-order valence-corrected chi connectivity index (χ4v) is 2.60. The Balaban J connectivity index is 2.08. The van der Waals surface area contributed by atoms with Crippen molar-refractivity contribution in [2.75, 3.05) is 13.2 Å². The second-order valence-corrected chi connectivity index (χ2v) is 6.54. The standard InChI is InChI=1S/C17H13Cl4NO3/c18-13-8-12(24-7-6-16(20)21)9-14(19)17(13)25-10-15(22-23)11-4-2-1-3-5-11/h1-6,8-9,23H,7,10H2. The quantitative estimate of drug-likeness (QED) is 0.342. The van der Waals surface area contributed by atoms with Gasteiger partial charge in [0.05, 0.1) is 10.0 Å². The van der Waals surface area contributed by atoms with Gasteiger partial charge in [-0.05, 0) is 6.08 Å². The first-order valence-corrected chi connectivity index (χ1v) is 8.54. The second-order valence-electron chi connectivity index (χ2n) is 4.72. The van der Waals surface area contributed by atoms with Crippen LogP contribution in [-0.2, 0) is 0 Å². The van der Waals surface area contributed by atoms with Crippen LogP contribution in [0.2, 0.25) is 10.0 Å². The second kappa shape index (κ2) is 9.78. The first kappa shape index (κ1) is 19.7. The van der Waals surface area contributed by atoms with E-state index in [9.17, 15) is 5.21 Å². The lowest BCUT2D eigenvalue weighted by Crippen LogP contribution is -2.13. The lowest BCUT2D eigenvalue weighted by Gasteiger charge is -2.13. The fraction of sp³-hybridized carbons (Fsp3) is 0.118. The number of hydrogen-bond donors (Lipinski definition) is 1. The van der Waals surface area contributed by atoms with Crippen molar-refractivity contribution in [3.8, 4) is 11.5 Å². The summed E-state index contributed by atoms with van der Waals surface area (Å²) in [6.07, 6.45) is 1.49. The molecule has 0 atom stereocenters. The van der Waals surface area contributed by atoms with E-state index in [4.69, 9.17) is 55.9 Å². The predicted octanol–water partition coefficient (Wildman–Crippen LogP) is 5.95. The van der Waals surface area contributed by atoms with Gasteiger partial charge in [-0.25, -0.2) is 0 Å². The number of rotatable bonds is 7. The molecule has 0 aromatic heterocycles. The van der Waals surface area contributed by atoms with Crippen molar-refractivity contribution in [3.05, 3.63) is 68.6 Å². The molecule has 0 heterocycles. The van der Waals surface area contributed by atoms with Gasteiger partial charge in [0.25, 0.3) is 0 Å². The molecule has 0 saturated heterocycles. The van der Waals surface area contributed by atoms with Crippen LogP contribution in [0, 0.1) is 0 Å². The van der Waals surface area contributed by atoms with Crippen LogP contribution >= 0.6 is 46.4 Å². The molecule has 4 nitrogen and oxygen atoms in total. The largest absolute Gasteiger partial charge is 0.489 e. The van der Waals surface area contributed by atoms with Crippen LogP contribution in [-0.4, -0.2) is 24.1 Å². The molecule has 25 heavy (non-hydrogen) atoms. The van der Waals surface area contributed by atoms with Gasteiger partial charge in [0.1, 0.15) is 29.2 Å². The normalized spacial score (nSPS) is 11.1. The van der Waals surface area contributed by atoms with Crippen molar-refractivity contribution in [2.45, 2.75) is 0 Å². The van der Waals surface area contributed by atoms with Gasteiger partial charge in [0, 0.05) is 17.7 Å². The highest BCUT2D eigenvalue weighted by molar-refractivity contribution is 6.55. The summed E-state index contributed by atoms with van der Waals surface area (Å²) in [5.74, 6) is 0.700. The Morgan fingerprint density at radius 2 is 1.68 bits per heavy atom. The Morgan fingerprint density at radius 1 is 1.04 bits per heavy atom. The van der Waals surface area contributed by atoms with Crippen molar-refractivity contribution in [2.24, 2.45) is 5.16 Å². The van der Waals surface area contributed by atoms with Crippen molar-refractivity contribution in [1.29, 1.82) is 0 Å². The molecule has 0 aliphatic rings. The van der Waals surface area contributed by atoms with E-state index in [1.54, 1.807) is 24.3 Å². The van der Waals surface area contributed by atoms with Gasteiger partial charge in [-0.15, -0.1) is 0 Å². The van der Waals surface area contributed by atoms with Crippen LogP contribution in [0.1, 0.15) is 5.56 Å². The summed E-state index contributed by atoms with van der Waals surface area (Å²) in [5, 5.41) is 12.9. The van der Waals surface area contributed by atoms with Gasteiger partial charge in [0.15, 0.2) is 5.75 Å². The molecule has 0 radical (unpaired) electrons. The van der Waals surface area contributed by atoms with E-state index < -0.39 is 0 Å². The van der Waals surface area contributed by atoms with Crippen LogP contribution in [0.3, 0.4) is 0 Å². The van der Waals surface area contributed by atoms with Crippen LogP contribution in [0.4, 0.5) is 0 Å². The molecule has 0 spiro atoms. The van der Waals surface area contributed by atoms with E-state index in [1.165, 1.54) is 6.08 Å². The zero-order chi connectivity index (χ0) is 18.2. The van der Waals surface area contributed by atoms with Gasteiger partial charge < -0.3 is 14.7 Å². The molecule has 2 aromatic carbocycles. The maximum atomic E-state index is 9.18. The number of hydrogen-bond acceptors (Lipinski definition) is 4. The summed E-state index contributed by atoms with van der Waals surface area (Å²) in [6, 6.07) is 12.2. The molecular formula is C17H13Cl4NO3. The maximum Gasteiger partial charge on any atom is 0.157 e. The minimum absolute atomic E-state index is 0.00918. The van der Waals surface area contributed by atoms with E-state index in [2.05, 4.69) is 5.16 Å². The van der Waals surface area contributed by atoms with Gasteiger partial charge in [0.2, 0.25) is 0 Å². The number of ether oxygens (including phenoxy) is 2. The summed E-state index contributed by atoms with van der Waals surface area (Å²) >= 11 is 23.4. The average molecular weight is 421 g/mol. The molecule has 2 rings (SSSR count). The lowest BCUT2D eigenvalue weighted by molar-refractivity contribution is 0.308.